The van der Waals surface area contributed by atoms with Gasteiger partial charge in [-0.05, 0) is 5.56 Å². The van der Waals surface area contributed by atoms with Gasteiger partial charge in [-0.3, -0.25) is 10.1 Å². The summed E-state index contributed by atoms with van der Waals surface area (Å²) in [6, 6.07) is 9.69. The standard InChI is InChI=1S/C13H17NO3/c1-16-12-7-11(8-14-12)13(15)17-9-10-5-3-2-4-6-10/h2-6,11-12,14H,7-9H2,1H3/t11-,12-/m0/s1. The van der Waals surface area contributed by atoms with Crippen LogP contribution in [0.4, 0.5) is 0 Å². The highest BCUT2D eigenvalue weighted by atomic mass is 16.5. The molecular weight excluding hydrogens is 218 g/mol. The van der Waals surface area contributed by atoms with Crippen LogP contribution in [-0.4, -0.2) is 25.9 Å². The number of hydrogen-bond donors (Lipinski definition) is 1. The van der Waals surface area contributed by atoms with Crippen LogP contribution in [0.25, 0.3) is 0 Å². The highest BCUT2D eigenvalue weighted by molar-refractivity contribution is 5.73. The van der Waals surface area contributed by atoms with E-state index in [1.165, 1.54) is 0 Å². The third-order valence-corrected chi connectivity index (χ3v) is 2.93. The first kappa shape index (κ1) is 12.1. The number of hydrogen-bond acceptors (Lipinski definition) is 4. The molecule has 1 N–H and O–H groups in total. The zero-order valence-corrected chi connectivity index (χ0v) is 9.89. The van der Waals surface area contributed by atoms with Gasteiger partial charge in [0.25, 0.3) is 0 Å². The molecule has 1 aliphatic heterocycles. The molecule has 4 heteroatoms. The zero-order chi connectivity index (χ0) is 12.1. The Balaban J connectivity index is 1.78. The fourth-order valence-electron chi connectivity index (χ4n) is 1.90. The lowest BCUT2D eigenvalue weighted by molar-refractivity contribution is -0.149. The molecule has 1 fully saturated rings. The van der Waals surface area contributed by atoms with Gasteiger partial charge in [0.2, 0.25) is 0 Å². The van der Waals surface area contributed by atoms with E-state index in [2.05, 4.69) is 5.32 Å². The van der Waals surface area contributed by atoms with E-state index in [-0.39, 0.29) is 18.1 Å². The van der Waals surface area contributed by atoms with Crippen molar-refractivity contribution in [2.24, 2.45) is 5.92 Å². The average Bonchev–Trinajstić information content (AvgIpc) is 2.86. The molecule has 1 heterocycles. The van der Waals surface area contributed by atoms with Gasteiger partial charge in [0.15, 0.2) is 0 Å². The first-order valence-corrected chi connectivity index (χ1v) is 5.76. The summed E-state index contributed by atoms with van der Waals surface area (Å²) in [5.41, 5.74) is 1.01. The number of carbonyl (C=O) groups excluding carboxylic acids is 1. The minimum Gasteiger partial charge on any atom is -0.461 e. The van der Waals surface area contributed by atoms with Crippen molar-refractivity contribution in [1.82, 2.24) is 5.32 Å². The van der Waals surface area contributed by atoms with Crippen LogP contribution in [0.2, 0.25) is 0 Å². The molecular formula is C13H17NO3. The van der Waals surface area contributed by atoms with Crippen LogP contribution in [0, 0.1) is 5.92 Å². The lowest BCUT2D eigenvalue weighted by atomic mass is 10.1. The molecule has 0 aromatic heterocycles. The molecule has 0 aliphatic carbocycles. The van der Waals surface area contributed by atoms with Gasteiger partial charge in [0, 0.05) is 20.1 Å². The molecule has 0 spiro atoms. The highest BCUT2D eigenvalue weighted by Crippen LogP contribution is 2.16. The van der Waals surface area contributed by atoms with Crippen molar-refractivity contribution in [3.05, 3.63) is 35.9 Å². The minimum absolute atomic E-state index is 0.0238. The number of ether oxygens (including phenoxy) is 2. The smallest absolute Gasteiger partial charge is 0.310 e. The van der Waals surface area contributed by atoms with Gasteiger partial charge >= 0.3 is 5.97 Å². The Hall–Kier alpha value is -1.39. The number of methoxy groups -OCH3 is 1. The molecule has 0 amide bonds. The van der Waals surface area contributed by atoms with Gasteiger partial charge in [-0.15, -0.1) is 0 Å². The van der Waals surface area contributed by atoms with Crippen LogP contribution < -0.4 is 5.32 Å². The summed E-state index contributed by atoms with van der Waals surface area (Å²) in [6.07, 6.45) is 0.661. The van der Waals surface area contributed by atoms with E-state index in [1.54, 1.807) is 7.11 Å². The summed E-state index contributed by atoms with van der Waals surface area (Å²) in [5, 5.41) is 3.11. The monoisotopic (exact) mass is 235 g/mol. The Morgan fingerprint density at radius 1 is 1.41 bits per heavy atom. The van der Waals surface area contributed by atoms with Crippen LogP contribution in [0.5, 0.6) is 0 Å². The third-order valence-electron chi connectivity index (χ3n) is 2.93. The second-order valence-electron chi connectivity index (χ2n) is 4.16. The van der Waals surface area contributed by atoms with Crippen LogP contribution in [0.15, 0.2) is 30.3 Å². The summed E-state index contributed by atoms with van der Waals surface area (Å²) in [5.74, 6) is -0.246. The maximum absolute atomic E-state index is 11.8. The van der Waals surface area contributed by atoms with Crippen molar-refractivity contribution < 1.29 is 14.3 Å². The Labute approximate surface area is 101 Å². The van der Waals surface area contributed by atoms with E-state index >= 15 is 0 Å². The number of esters is 1. The van der Waals surface area contributed by atoms with E-state index in [9.17, 15) is 4.79 Å². The summed E-state index contributed by atoms with van der Waals surface area (Å²) < 4.78 is 10.4. The van der Waals surface area contributed by atoms with Crippen molar-refractivity contribution in [2.45, 2.75) is 19.3 Å². The average molecular weight is 235 g/mol. The summed E-state index contributed by atoms with van der Waals surface area (Å²) in [7, 11) is 1.63. The first-order chi connectivity index (χ1) is 8.29. The summed E-state index contributed by atoms with van der Waals surface area (Å²) in [4.78, 5) is 11.8. The van der Waals surface area contributed by atoms with Gasteiger partial charge in [-0.25, -0.2) is 0 Å². The molecule has 0 saturated carbocycles. The number of rotatable bonds is 4. The molecule has 1 aromatic carbocycles. The van der Waals surface area contributed by atoms with E-state index in [1.807, 2.05) is 30.3 Å². The maximum Gasteiger partial charge on any atom is 0.310 e. The lowest BCUT2D eigenvalue weighted by Crippen LogP contribution is -2.23. The van der Waals surface area contributed by atoms with E-state index < -0.39 is 0 Å². The molecule has 92 valence electrons. The second kappa shape index (κ2) is 5.80. The Morgan fingerprint density at radius 2 is 2.18 bits per heavy atom. The number of nitrogens with one attached hydrogen (secondary N) is 1. The number of benzene rings is 1. The predicted octanol–water partition coefficient (Wildman–Crippen LogP) is 1.31. The first-order valence-electron chi connectivity index (χ1n) is 5.76. The molecule has 2 atom stereocenters. The molecule has 0 radical (unpaired) electrons. The molecule has 2 rings (SSSR count). The van der Waals surface area contributed by atoms with Crippen molar-refractivity contribution in [3.63, 3.8) is 0 Å². The van der Waals surface area contributed by atoms with Gasteiger partial charge < -0.3 is 9.47 Å². The van der Waals surface area contributed by atoms with E-state index in [0.29, 0.717) is 19.6 Å². The quantitative estimate of drug-likeness (QED) is 0.799. The van der Waals surface area contributed by atoms with Gasteiger partial charge in [0.1, 0.15) is 12.8 Å². The molecule has 1 aromatic rings. The predicted molar refractivity (Wildman–Crippen MR) is 63.1 cm³/mol. The molecule has 1 aliphatic rings. The van der Waals surface area contributed by atoms with E-state index in [4.69, 9.17) is 9.47 Å². The normalized spacial score (nSPS) is 23.6. The second-order valence-corrected chi connectivity index (χ2v) is 4.16. The fraction of sp³-hybridized carbons (Fsp3) is 0.462. The Bertz CT molecular complexity index is 366. The van der Waals surface area contributed by atoms with Gasteiger partial charge in [-0.1, -0.05) is 30.3 Å². The van der Waals surface area contributed by atoms with Gasteiger partial charge in [0.05, 0.1) is 5.92 Å². The van der Waals surface area contributed by atoms with Crippen molar-refractivity contribution in [1.29, 1.82) is 0 Å². The molecule has 1 saturated heterocycles. The largest absolute Gasteiger partial charge is 0.461 e. The van der Waals surface area contributed by atoms with Crippen LogP contribution in [-0.2, 0) is 20.9 Å². The molecule has 4 nitrogen and oxygen atoms in total. The minimum atomic E-state index is -0.152. The molecule has 17 heavy (non-hydrogen) atoms. The molecule has 0 unspecified atom stereocenters. The Kier molecular flexibility index (Phi) is 4.12. The fourth-order valence-corrected chi connectivity index (χ4v) is 1.90. The maximum atomic E-state index is 11.8. The van der Waals surface area contributed by atoms with Crippen molar-refractivity contribution in [3.8, 4) is 0 Å². The van der Waals surface area contributed by atoms with Gasteiger partial charge in [-0.2, -0.15) is 0 Å². The highest BCUT2D eigenvalue weighted by Gasteiger charge is 2.30. The molecule has 0 bridgehead atoms. The summed E-state index contributed by atoms with van der Waals surface area (Å²) >= 11 is 0. The van der Waals surface area contributed by atoms with Crippen molar-refractivity contribution in [2.75, 3.05) is 13.7 Å². The van der Waals surface area contributed by atoms with Crippen molar-refractivity contribution >= 4 is 5.97 Å². The lowest BCUT2D eigenvalue weighted by Gasteiger charge is -2.09. The number of carbonyl (C=O) groups is 1. The third kappa shape index (κ3) is 3.28. The van der Waals surface area contributed by atoms with Crippen LogP contribution in [0.1, 0.15) is 12.0 Å². The van der Waals surface area contributed by atoms with Crippen LogP contribution in [0.3, 0.4) is 0 Å². The van der Waals surface area contributed by atoms with E-state index in [0.717, 1.165) is 5.56 Å². The summed E-state index contributed by atoms with van der Waals surface area (Å²) in [6.45, 7) is 0.972. The zero-order valence-electron chi connectivity index (χ0n) is 9.89. The Morgan fingerprint density at radius 3 is 2.82 bits per heavy atom. The van der Waals surface area contributed by atoms with Crippen LogP contribution >= 0.6 is 0 Å². The SMILES string of the molecule is CO[C@H]1C[C@H](C(=O)OCc2ccccc2)CN1. The topological polar surface area (TPSA) is 47.6 Å².